The van der Waals surface area contributed by atoms with Gasteiger partial charge in [-0.1, -0.05) is 57.4 Å². The van der Waals surface area contributed by atoms with Gasteiger partial charge in [0, 0.05) is 12.6 Å². The molecule has 3 rings (SSSR count). The fourth-order valence-corrected chi connectivity index (χ4v) is 4.16. The Kier molecular flexibility index (Phi) is 6.89. The van der Waals surface area contributed by atoms with Gasteiger partial charge < -0.3 is 16.0 Å². The van der Waals surface area contributed by atoms with Crippen LogP contribution in [0.3, 0.4) is 0 Å². The van der Waals surface area contributed by atoms with E-state index in [1.54, 1.807) is 0 Å². The van der Waals surface area contributed by atoms with E-state index in [9.17, 15) is 9.59 Å². The van der Waals surface area contributed by atoms with Gasteiger partial charge in [-0.2, -0.15) is 0 Å². The van der Waals surface area contributed by atoms with Crippen molar-refractivity contribution in [3.05, 3.63) is 35.4 Å². The van der Waals surface area contributed by atoms with Gasteiger partial charge in [-0.05, 0) is 42.7 Å². The zero-order valence-electron chi connectivity index (χ0n) is 16.6. The monoisotopic (exact) mass is 371 g/mol. The third kappa shape index (κ3) is 5.55. The lowest BCUT2D eigenvalue weighted by molar-refractivity contribution is -0.131. The summed E-state index contributed by atoms with van der Waals surface area (Å²) in [5, 5.41) is 9.51. The third-order valence-corrected chi connectivity index (χ3v) is 5.69. The molecule has 1 aromatic rings. The second-order valence-corrected chi connectivity index (χ2v) is 8.44. The Morgan fingerprint density at radius 2 is 1.81 bits per heavy atom. The number of carbonyl (C=O) groups is 2. The Balaban J connectivity index is 1.60. The molecule has 1 saturated carbocycles. The Hall–Kier alpha value is -1.88. The fraction of sp³-hybridized carbons (Fsp3) is 0.636. The summed E-state index contributed by atoms with van der Waals surface area (Å²) < 4.78 is 0. The van der Waals surface area contributed by atoms with Crippen molar-refractivity contribution in [3.8, 4) is 0 Å². The van der Waals surface area contributed by atoms with Gasteiger partial charge in [-0.15, -0.1) is 0 Å². The second-order valence-electron chi connectivity index (χ2n) is 8.44. The van der Waals surface area contributed by atoms with Crippen LogP contribution in [0.1, 0.15) is 63.5 Å². The first-order valence-corrected chi connectivity index (χ1v) is 10.4. The van der Waals surface area contributed by atoms with Crippen LogP contribution in [0.25, 0.3) is 0 Å². The number of benzene rings is 1. The molecule has 0 saturated heterocycles. The van der Waals surface area contributed by atoms with Crippen LogP contribution in [0.2, 0.25) is 0 Å². The van der Waals surface area contributed by atoms with Crippen LogP contribution < -0.4 is 16.0 Å². The molecule has 5 nitrogen and oxygen atoms in total. The highest BCUT2D eigenvalue weighted by molar-refractivity contribution is 5.90. The number of hydrogen-bond donors (Lipinski definition) is 3. The molecule has 0 unspecified atom stereocenters. The summed E-state index contributed by atoms with van der Waals surface area (Å²) >= 11 is 0. The first kappa shape index (κ1) is 19.9. The molecule has 2 amide bonds. The first-order valence-electron chi connectivity index (χ1n) is 10.4. The lowest BCUT2D eigenvalue weighted by atomic mass is 9.94. The highest BCUT2D eigenvalue weighted by Crippen LogP contribution is 2.19. The Bertz CT molecular complexity index is 653. The summed E-state index contributed by atoms with van der Waals surface area (Å²) in [5.41, 5.74) is 2.46. The van der Waals surface area contributed by atoms with E-state index in [2.05, 4.69) is 41.9 Å². The number of nitrogens with one attached hydrogen (secondary N) is 3. The summed E-state index contributed by atoms with van der Waals surface area (Å²) in [7, 11) is 0. The smallest absolute Gasteiger partial charge is 0.242 e. The highest BCUT2D eigenvalue weighted by Gasteiger charge is 2.29. The molecule has 1 heterocycles. The minimum atomic E-state index is -0.460. The zero-order chi connectivity index (χ0) is 19.2. The van der Waals surface area contributed by atoms with E-state index in [1.165, 1.54) is 30.4 Å². The zero-order valence-corrected chi connectivity index (χ0v) is 16.6. The number of hydrogen-bond acceptors (Lipinski definition) is 3. The Labute approximate surface area is 162 Å². The van der Waals surface area contributed by atoms with E-state index in [1.807, 2.05) is 12.1 Å². The molecule has 1 aliphatic heterocycles. The van der Waals surface area contributed by atoms with E-state index < -0.39 is 6.04 Å². The maximum absolute atomic E-state index is 12.8. The molecule has 148 valence electrons. The van der Waals surface area contributed by atoms with E-state index in [4.69, 9.17) is 0 Å². The number of amides is 2. The molecule has 3 N–H and O–H groups in total. The standard InChI is InChI=1S/C22H33N3O2/c1-15(2)12-20(22(27)24-18-10-4-3-5-11-18)25-21(26)19-13-16-8-6-7-9-17(16)14-23-19/h6-9,15,18-20,23H,3-5,10-14H2,1-2H3,(H,24,27)(H,25,26)/t19-,20-/m0/s1. The van der Waals surface area contributed by atoms with Crippen molar-refractivity contribution < 1.29 is 9.59 Å². The molecular formula is C22H33N3O2. The molecule has 1 fully saturated rings. The van der Waals surface area contributed by atoms with Crippen LogP contribution in [0.15, 0.2) is 24.3 Å². The molecule has 0 bridgehead atoms. The van der Waals surface area contributed by atoms with Gasteiger partial charge >= 0.3 is 0 Å². The lowest BCUT2D eigenvalue weighted by Crippen LogP contribution is -2.55. The number of rotatable bonds is 6. The Morgan fingerprint density at radius 3 is 2.52 bits per heavy atom. The average Bonchev–Trinajstić information content (AvgIpc) is 2.67. The van der Waals surface area contributed by atoms with Gasteiger partial charge in [-0.3, -0.25) is 9.59 Å². The predicted molar refractivity (Wildman–Crippen MR) is 107 cm³/mol. The summed E-state index contributed by atoms with van der Waals surface area (Å²) in [5.74, 6) is 0.238. The van der Waals surface area contributed by atoms with Gasteiger partial charge in [0.1, 0.15) is 6.04 Å². The maximum atomic E-state index is 12.8. The molecule has 1 aliphatic carbocycles. The van der Waals surface area contributed by atoms with Gasteiger partial charge in [-0.25, -0.2) is 0 Å². The van der Waals surface area contributed by atoms with Crippen LogP contribution in [0, 0.1) is 5.92 Å². The SMILES string of the molecule is CC(C)C[C@H](NC(=O)[C@@H]1Cc2ccccc2CN1)C(=O)NC1CCCCC1. The normalized spacial score (nSPS) is 21.4. The van der Waals surface area contributed by atoms with Crippen molar-refractivity contribution in [2.45, 2.75) is 83.5 Å². The molecular weight excluding hydrogens is 338 g/mol. The summed E-state index contributed by atoms with van der Waals surface area (Å²) in [6, 6.07) is 7.73. The van der Waals surface area contributed by atoms with Crippen LogP contribution >= 0.6 is 0 Å². The largest absolute Gasteiger partial charge is 0.352 e. The lowest BCUT2D eigenvalue weighted by Gasteiger charge is -2.29. The van der Waals surface area contributed by atoms with Crippen LogP contribution in [0.5, 0.6) is 0 Å². The molecule has 27 heavy (non-hydrogen) atoms. The van der Waals surface area contributed by atoms with Crippen molar-refractivity contribution >= 4 is 11.8 Å². The topological polar surface area (TPSA) is 70.2 Å². The average molecular weight is 372 g/mol. The molecule has 2 atom stereocenters. The number of fused-ring (bicyclic) bond motifs is 1. The predicted octanol–water partition coefficient (Wildman–Crippen LogP) is 2.68. The molecule has 1 aromatic carbocycles. The fourth-order valence-electron chi connectivity index (χ4n) is 4.16. The minimum Gasteiger partial charge on any atom is -0.352 e. The van der Waals surface area contributed by atoms with Crippen LogP contribution in [0.4, 0.5) is 0 Å². The highest BCUT2D eigenvalue weighted by atomic mass is 16.2. The number of carbonyl (C=O) groups excluding carboxylic acids is 2. The Morgan fingerprint density at radius 1 is 1.11 bits per heavy atom. The molecule has 0 aromatic heterocycles. The van der Waals surface area contributed by atoms with Crippen LogP contribution in [-0.4, -0.2) is 29.9 Å². The second kappa shape index (κ2) is 9.36. The van der Waals surface area contributed by atoms with Gasteiger partial charge in [0.2, 0.25) is 11.8 Å². The summed E-state index contributed by atoms with van der Waals surface area (Å²) in [4.78, 5) is 25.7. The van der Waals surface area contributed by atoms with Gasteiger partial charge in [0.05, 0.1) is 6.04 Å². The van der Waals surface area contributed by atoms with Crippen LogP contribution in [-0.2, 0) is 22.6 Å². The molecule has 2 aliphatic rings. The maximum Gasteiger partial charge on any atom is 0.242 e. The van der Waals surface area contributed by atoms with Crippen molar-refractivity contribution in [2.75, 3.05) is 0 Å². The van der Waals surface area contributed by atoms with E-state index >= 15 is 0 Å². The molecule has 0 spiro atoms. The first-order chi connectivity index (χ1) is 13.0. The van der Waals surface area contributed by atoms with E-state index in [0.29, 0.717) is 25.3 Å². The van der Waals surface area contributed by atoms with Crippen molar-refractivity contribution in [1.82, 2.24) is 16.0 Å². The summed E-state index contributed by atoms with van der Waals surface area (Å²) in [6.07, 6.45) is 7.04. The van der Waals surface area contributed by atoms with Crippen molar-refractivity contribution in [1.29, 1.82) is 0 Å². The molecule has 0 radical (unpaired) electrons. The van der Waals surface area contributed by atoms with Gasteiger partial charge in [0.25, 0.3) is 0 Å². The quantitative estimate of drug-likeness (QED) is 0.720. The van der Waals surface area contributed by atoms with Gasteiger partial charge in [0.15, 0.2) is 0 Å². The summed E-state index contributed by atoms with van der Waals surface area (Å²) in [6.45, 7) is 4.86. The third-order valence-electron chi connectivity index (χ3n) is 5.69. The van der Waals surface area contributed by atoms with Crippen molar-refractivity contribution in [2.24, 2.45) is 5.92 Å². The van der Waals surface area contributed by atoms with E-state index in [0.717, 1.165) is 12.8 Å². The van der Waals surface area contributed by atoms with Crippen molar-refractivity contribution in [3.63, 3.8) is 0 Å². The minimum absolute atomic E-state index is 0.0276. The van der Waals surface area contributed by atoms with E-state index in [-0.39, 0.29) is 23.9 Å². The molecule has 5 heteroatoms.